The maximum atomic E-state index is 12.9. The van der Waals surface area contributed by atoms with Gasteiger partial charge >= 0.3 is 0 Å². The summed E-state index contributed by atoms with van der Waals surface area (Å²) in [5.41, 5.74) is 5.44. The summed E-state index contributed by atoms with van der Waals surface area (Å²) in [5.74, 6) is 2.02. The third kappa shape index (κ3) is 3.86. The number of ether oxygens (including phenoxy) is 1. The first kappa shape index (κ1) is 20.3. The van der Waals surface area contributed by atoms with Gasteiger partial charge in [0.15, 0.2) is 0 Å². The highest BCUT2D eigenvalue weighted by Crippen LogP contribution is 2.33. The topological polar surface area (TPSA) is 47.4 Å². The van der Waals surface area contributed by atoms with Gasteiger partial charge in [-0.3, -0.25) is 4.79 Å². The van der Waals surface area contributed by atoms with Gasteiger partial charge in [-0.1, -0.05) is 36.4 Å². The van der Waals surface area contributed by atoms with Gasteiger partial charge in [0.25, 0.3) is 0 Å². The maximum absolute atomic E-state index is 12.9. The third-order valence-electron chi connectivity index (χ3n) is 6.30. The lowest BCUT2D eigenvalue weighted by molar-refractivity contribution is -0.117. The van der Waals surface area contributed by atoms with Crippen LogP contribution in [-0.4, -0.2) is 28.6 Å². The number of carbonyl (C=O) groups is 1. The van der Waals surface area contributed by atoms with Crippen molar-refractivity contribution in [3.63, 3.8) is 0 Å². The van der Waals surface area contributed by atoms with E-state index in [-0.39, 0.29) is 11.8 Å². The molecule has 1 atom stereocenters. The molecule has 5 heteroatoms. The molecule has 1 fully saturated rings. The number of para-hydroxylation sites is 3. The molecule has 2 heterocycles. The standard InChI is InChI=1S/C27H27N3O2/c1-19-12-13-22(16-20(19)2)30-18-21(17-26(30)31)27-28-24-10-6-7-11-25(24)29(27)14-15-32-23-8-4-3-5-9-23/h3-13,16,21H,14-15,17-18H2,1-2H3/t21-/m1/s1. The monoisotopic (exact) mass is 425 g/mol. The quantitative estimate of drug-likeness (QED) is 0.424. The highest BCUT2D eigenvalue weighted by atomic mass is 16.5. The number of nitrogens with zero attached hydrogens (tertiary/aromatic N) is 3. The molecule has 4 aromatic rings. The van der Waals surface area contributed by atoms with E-state index in [1.54, 1.807) is 0 Å². The second-order valence-corrected chi connectivity index (χ2v) is 8.45. The van der Waals surface area contributed by atoms with Gasteiger partial charge in [-0.05, 0) is 61.4 Å². The fourth-order valence-electron chi connectivity index (χ4n) is 4.44. The Hall–Kier alpha value is -3.60. The summed E-state index contributed by atoms with van der Waals surface area (Å²) >= 11 is 0. The summed E-state index contributed by atoms with van der Waals surface area (Å²) in [6.07, 6.45) is 0.468. The molecule has 0 unspecified atom stereocenters. The van der Waals surface area contributed by atoms with Crippen LogP contribution in [0.1, 0.15) is 29.3 Å². The Kier molecular flexibility index (Phi) is 5.39. The van der Waals surface area contributed by atoms with Crippen LogP contribution in [0.5, 0.6) is 5.75 Å². The number of hydrogen-bond acceptors (Lipinski definition) is 3. The van der Waals surface area contributed by atoms with Crippen molar-refractivity contribution in [3.8, 4) is 5.75 Å². The molecule has 5 nitrogen and oxygen atoms in total. The van der Waals surface area contributed by atoms with Crippen molar-refractivity contribution in [2.24, 2.45) is 0 Å². The van der Waals surface area contributed by atoms with E-state index in [1.807, 2.05) is 59.5 Å². The Morgan fingerprint density at radius 3 is 2.56 bits per heavy atom. The summed E-state index contributed by atoms with van der Waals surface area (Å²) in [7, 11) is 0. The van der Waals surface area contributed by atoms with Gasteiger partial charge in [-0.25, -0.2) is 4.98 Å². The third-order valence-corrected chi connectivity index (χ3v) is 6.30. The molecular formula is C27H27N3O2. The van der Waals surface area contributed by atoms with Crippen LogP contribution in [0, 0.1) is 13.8 Å². The Morgan fingerprint density at radius 1 is 0.969 bits per heavy atom. The predicted octanol–water partition coefficient (Wildman–Crippen LogP) is 5.25. The van der Waals surface area contributed by atoms with E-state index in [1.165, 1.54) is 11.1 Å². The van der Waals surface area contributed by atoms with Crippen LogP contribution in [0.25, 0.3) is 11.0 Å². The van der Waals surface area contributed by atoms with E-state index < -0.39 is 0 Å². The molecule has 0 bridgehead atoms. The molecule has 0 N–H and O–H groups in total. The first-order valence-electron chi connectivity index (χ1n) is 11.1. The molecule has 1 saturated heterocycles. The van der Waals surface area contributed by atoms with Crippen molar-refractivity contribution in [1.82, 2.24) is 9.55 Å². The number of carbonyl (C=O) groups excluding carboxylic acids is 1. The zero-order valence-electron chi connectivity index (χ0n) is 18.5. The lowest BCUT2D eigenvalue weighted by Gasteiger charge is -2.18. The van der Waals surface area contributed by atoms with E-state index in [4.69, 9.17) is 9.72 Å². The van der Waals surface area contributed by atoms with Crippen LogP contribution in [0.4, 0.5) is 5.69 Å². The van der Waals surface area contributed by atoms with Crippen LogP contribution >= 0.6 is 0 Å². The first-order chi connectivity index (χ1) is 15.6. The van der Waals surface area contributed by atoms with Gasteiger partial charge in [0, 0.05) is 24.6 Å². The van der Waals surface area contributed by atoms with Crippen molar-refractivity contribution in [2.75, 3.05) is 18.1 Å². The van der Waals surface area contributed by atoms with Gasteiger partial charge in [0.2, 0.25) is 5.91 Å². The average Bonchev–Trinajstić information content (AvgIpc) is 3.37. The molecule has 1 aromatic heterocycles. The summed E-state index contributed by atoms with van der Waals surface area (Å²) < 4.78 is 8.18. The molecule has 32 heavy (non-hydrogen) atoms. The molecule has 0 spiro atoms. The van der Waals surface area contributed by atoms with Crippen LogP contribution in [0.3, 0.4) is 0 Å². The van der Waals surface area contributed by atoms with Crippen molar-refractivity contribution < 1.29 is 9.53 Å². The maximum Gasteiger partial charge on any atom is 0.227 e. The minimum atomic E-state index is 0.0493. The second-order valence-electron chi connectivity index (χ2n) is 8.45. The summed E-state index contributed by atoms with van der Waals surface area (Å²) in [6.45, 7) is 6.04. The Labute approximate surface area is 188 Å². The fraction of sp³-hybridized carbons (Fsp3) is 0.259. The smallest absolute Gasteiger partial charge is 0.227 e. The number of anilines is 1. The van der Waals surface area contributed by atoms with Gasteiger partial charge in [-0.2, -0.15) is 0 Å². The molecular weight excluding hydrogens is 398 g/mol. The molecule has 1 amide bonds. The van der Waals surface area contributed by atoms with Crippen LogP contribution in [-0.2, 0) is 11.3 Å². The highest BCUT2D eigenvalue weighted by molar-refractivity contribution is 5.96. The largest absolute Gasteiger partial charge is 0.492 e. The number of hydrogen-bond donors (Lipinski definition) is 0. The Balaban J connectivity index is 1.41. The average molecular weight is 426 g/mol. The van der Waals surface area contributed by atoms with Crippen LogP contribution in [0.2, 0.25) is 0 Å². The molecule has 3 aromatic carbocycles. The normalized spacial score (nSPS) is 16.1. The molecule has 0 saturated carbocycles. The van der Waals surface area contributed by atoms with Gasteiger partial charge < -0.3 is 14.2 Å². The molecule has 0 aliphatic carbocycles. The number of fused-ring (bicyclic) bond motifs is 1. The zero-order valence-corrected chi connectivity index (χ0v) is 18.5. The summed E-state index contributed by atoms with van der Waals surface area (Å²) in [6, 6.07) is 24.2. The molecule has 162 valence electrons. The van der Waals surface area contributed by atoms with E-state index in [0.29, 0.717) is 26.1 Å². The molecule has 1 aliphatic heterocycles. The first-order valence-corrected chi connectivity index (χ1v) is 11.1. The van der Waals surface area contributed by atoms with Gasteiger partial charge in [-0.15, -0.1) is 0 Å². The van der Waals surface area contributed by atoms with E-state index in [0.717, 1.165) is 28.3 Å². The van der Waals surface area contributed by atoms with Gasteiger partial charge in [0.1, 0.15) is 18.2 Å². The molecule has 0 radical (unpaired) electrons. The highest BCUT2D eigenvalue weighted by Gasteiger charge is 2.34. The number of amides is 1. The minimum absolute atomic E-state index is 0.0493. The van der Waals surface area contributed by atoms with Crippen LogP contribution < -0.4 is 9.64 Å². The minimum Gasteiger partial charge on any atom is -0.492 e. The Bertz CT molecular complexity index is 1260. The summed E-state index contributed by atoms with van der Waals surface area (Å²) in [4.78, 5) is 19.8. The number of benzene rings is 3. The van der Waals surface area contributed by atoms with Crippen molar-refractivity contribution in [3.05, 3.63) is 89.7 Å². The SMILES string of the molecule is Cc1ccc(N2C[C@H](c3nc4ccccc4n3CCOc3ccccc3)CC2=O)cc1C. The Morgan fingerprint density at radius 2 is 1.75 bits per heavy atom. The zero-order chi connectivity index (χ0) is 22.1. The number of aryl methyl sites for hydroxylation is 2. The van der Waals surface area contributed by atoms with Crippen LogP contribution in [0.15, 0.2) is 72.8 Å². The molecule has 5 rings (SSSR count). The molecule has 1 aliphatic rings. The van der Waals surface area contributed by atoms with Crippen molar-refractivity contribution in [1.29, 1.82) is 0 Å². The van der Waals surface area contributed by atoms with E-state index >= 15 is 0 Å². The van der Waals surface area contributed by atoms with Gasteiger partial charge in [0.05, 0.1) is 17.6 Å². The predicted molar refractivity (Wildman–Crippen MR) is 127 cm³/mol. The second kappa shape index (κ2) is 8.50. The van der Waals surface area contributed by atoms with E-state index in [9.17, 15) is 4.79 Å². The van der Waals surface area contributed by atoms with Crippen molar-refractivity contribution in [2.45, 2.75) is 32.7 Å². The lowest BCUT2D eigenvalue weighted by Crippen LogP contribution is -2.24. The lowest BCUT2D eigenvalue weighted by atomic mass is 10.1. The number of rotatable bonds is 6. The fourth-order valence-corrected chi connectivity index (χ4v) is 4.44. The number of imidazole rings is 1. The number of aromatic nitrogens is 2. The van der Waals surface area contributed by atoms with E-state index in [2.05, 4.69) is 36.6 Å². The summed E-state index contributed by atoms with van der Waals surface area (Å²) in [5, 5.41) is 0. The van der Waals surface area contributed by atoms with Crippen molar-refractivity contribution >= 4 is 22.6 Å².